The number of carbonyl (C=O) groups is 2. The van der Waals surface area contributed by atoms with Crippen LogP contribution in [0.3, 0.4) is 0 Å². The lowest BCUT2D eigenvalue weighted by molar-refractivity contribution is -0.152. The monoisotopic (exact) mass is 341 g/mol. The maximum atomic E-state index is 12.3. The predicted molar refractivity (Wildman–Crippen MR) is 92.8 cm³/mol. The minimum Gasteiger partial charge on any atom is -0.456 e. The number of ether oxygens (including phenoxy) is 1. The Morgan fingerprint density at radius 2 is 1.96 bits per heavy atom. The molecule has 1 aliphatic heterocycles. The van der Waals surface area contributed by atoms with Gasteiger partial charge in [-0.1, -0.05) is 24.3 Å². The third-order valence-electron chi connectivity index (χ3n) is 4.47. The molecular weight excluding hydrogens is 318 g/mol. The second-order valence-electron chi connectivity index (χ2n) is 6.39. The van der Waals surface area contributed by atoms with E-state index >= 15 is 0 Å². The van der Waals surface area contributed by atoms with Gasteiger partial charge in [-0.05, 0) is 37.5 Å². The fourth-order valence-electron chi connectivity index (χ4n) is 3.11. The van der Waals surface area contributed by atoms with E-state index in [-0.39, 0.29) is 24.9 Å². The Balaban J connectivity index is 1.44. The molecule has 0 spiro atoms. The Morgan fingerprint density at radius 3 is 2.68 bits per heavy atom. The van der Waals surface area contributed by atoms with Crippen molar-refractivity contribution < 1.29 is 14.3 Å². The van der Waals surface area contributed by atoms with Gasteiger partial charge in [-0.2, -0.15) is 5.10 Å². The smallest absolute Gasteiger partial charge is 0.308 e. The Kier molecular flexibility index (Phi) is 5.16. The average Bonchev–Trinajstić information content (AvgIpc) is 2.94. The van der Waals surface area contributed by atoms with Crippen LogP contribution in [-0.4, -0.2) is 39.7 Å². The Morgan fingerprint density at radius 1 is 1.20 bits per heavy atom. The summed E-state index contributed by atoms with van der Waals surface area (Å²) in [5.41, 5.74) is 4.38. The van der Waals surface area contributed by atoms with Gasteiger partial charge in [0.05, 0.1) is 18.7 Å². The van der Waals surface area contributed by atoms with E-state index in [1.54, 1.807) is 9.58 Å². The molecule has 0 radical (unpaired) electrons. The van der Waals surface area contributed by atoms with Gasteiger partial charge in [0.15, 0.2) is 6.61 Å². The molecule has 2 aromatic rings. The summed E-state index contributed by atoms with van der Waals surface area (Å²) >= 11 is 0. The highest BCUT2D eigenvalue weighted by molar-refractivity contribution is 5.80. The van der Waals surface area contributed by atoms with Crippen molar-refractivity contribution >= 4 is 11.9 Å². The normalized spacial score (nSPS) is 13.4. The Labute approximate surface area is 147 Å². The number of aryl methyl sites for hydroxylation is 3. The molecule has 0 N–H and O–H groups in total. The van der Waals surface area contributed by atoms with Gasteiger partial charge in [0.25, 0.3) is 5.91 Å². The summed E-state index contributed by atoms with van der Waals surface area (Å²) in [5.74, 6) is -0.521. The van der Waals surface area contributed by atoms with Crippen LogP contribution in [0.15, 0.2) is 30.3 Å². The summed E-state index contributed by atoms with van der Waals surface area (Å²) in [6.45, 7) is 5.37. The number of aromatic nitrogens is 2. The molecule has 0 aliphatic carbocycles. The molecule has 0 atom stereocenters. The van der Waals surface area contributed by atoms with Gasteiger partial charge in [0.1, 0.15) is 0 Å². The molecule has 0 saturated heterocycles. The number of hydrogen-bond donors (Lipinski definition) is 0. The van der Waals surface area contributed by atoms with Crippen molar-refractivity contribution in [2.45, 2.75) is 39.8 Å². The van der Waals surface area contributed by atoms with Crippen LogP contribution in [0.25, 0.3) is 0 Å². The number of esters is 1. The highest BCUT2D eigenvalue weighted by Gasteiger charge is 2.21. The van der Waals surface area contributed by atoms with E-state index in [0.717, 1.165) is 23.4 Å². The van der Waals surface area contributed by atoms with Crippen LogP contribution in [-0.2, 0) is 33.8 Å². The molecule has 0 bridgehead atoms. The lowest BCUT2D eigenvalue weighted by Gasteiger charge is -2.28. The standard InChI is InChI=1S/C19H23N3O3/c1-14-11-15(2)22(20-14)10-8-19(24)25-13-18(23)21-9-7-16-5-3-4-6-17(16)12-21/h3-6,11H,7-10,12-13H2,1-2H3. The van der Waals surface area contributed by atoms with Gasteiger partial charge in [0.2, 0.25) is 0 Å². The highest BCUT2D eigenvalue weighted by Crippen LogP contribution is 2.18. The van der Waals surface area contributed by atoms with Crippen LogP contribution in [0.5, 0.6) is 0 Å². The van der Waals surface area contributed by atoms with Crippen molar-refractivity contribution in [3.8, 4) is 0 Å². The average molecular weight is 341 g/mol. The van der Waals surface area contributed by atoms with E-state index in [0.29, 0.717) is 19.6 Å². The summed E-state index contributed by atoms with van der Waals surface area (Å²) < 4.78 is 6.92. The molecule has 1 aromatic carbocycles. The predicted octanol–water partition coefficient (Wildman–Crippen LogP) is 2.02. The molecule has 2 heterocycles. The first-order valence-corrected chi connectivity index (χ1v) is 8.54. The maximum Gasteiger partial charge on any atom is 0.308 e. The number of fused-ring (bicyclic) bond motifs is 1. The molecule has 1 aliphatic rings. The van der Waals surface area contributed by atoms with E-state index in [1.807, 2.05) is 38.1 Å². The van der Waals surface area contributed by atoms with Crippen LogP contribution in [0.1, 0.15) is 28.9 Å². The van der Waals surface area contributed by atoms with Crippen LogP contribution in [0.2, 0.25) is 0 Å². The van der Waals surface area contributed by atoms with E-state index in [9.17, 15) is 9.59 Å². The first kappa shape index (κ1) is 17.2. The van der Waals surface area contributed by atoms with Crippen LogP contribution in [0.4, 0.5) is 0 Å². The molecule has 3 rings (SSSR count). The molecular formula is C19H23N3O3. The van der Waals surface area contributed by atoms with Crippen molar-refractivity contribution in [3.63, 3.8) is 0 Å². The molecule has 1 aromatic heterocycles. The third kappa shape index (κ3) is 4.26. The first-order valence-electron chi connectivity index (χ1n) is 8.54. The summed E-state index contributed by atoms with van der Waals surface area (Å²) in [6, 6.07) is 10.1. The number of rotatable bonds is 5. The molecule has 6 heteroatoms. The van der Waals surface area contributed by atoms with E-state index in [4.69, 9.17) is 4.74 Å². The topological polar surface area (TPSA) is 64.4 Å². The third-order valence-corrected chi connectivity index (χ3v) is 4.47. The van der Waals surface area contributed by atoms with Crippen LogP contribution in [0, 0.1) is 13.8 Å². The quantitative estimate of drug-likeness (QED) is 0.781. The molecule has 1 amide bonds. The minimum absolute atomic E-state index is 0.144. The zero-order valence-electron chi connectivity index (χ0n) is 14.7. The number of amides is 1. The lowest BCUT2D eigenvalue weighted by atomic mass is 10.00. The summed E-state index contributed by atoms with van der Waals surface area (Å²) in [4.78, 5) is 25.9. The van der Waals surface area contributed by atoms with Gasteiger partial charge in [-0.15, -0.1) is 0 Å². The number of nitrogens with zero attached hydrogens (tertiary/aromatic N) is 3. The largest absolute Gasteiger partial charge is 0.456 e. The lowest BCUT2D eigenvalue weighted by Crippen LogP contribution is -2.38. The van der Waals surface area contributed by atoms with Crippen LogP contribution >= 0.6 is 0 Å². The van der Waals surface area contributed by atoms with Crippen molar-refractivity contribution in [1.29, 1.82) is 0 Å². The maximum absolute atomic E-state index is 12.3. The summed E-state index contributed by atoms with van der Waals surface area (Å²) in [5, 5.41) is 4.31. The van der Waals surface area contributed by atoms with Crippen molar-refractivity contribution in [3.05, 3.63) is 52.8 Å². The summed E-state index contributed by atoms with van der Waals surface area (Å²) in [7, 11) is 0. The van der Waals surface area contributed by atoms with E-state index in [1.165, 1.54) is 5.56 Å². The Bertz CT molecular complexity index is 782. The van der Waals surface area contributed by atoms with Gasteiger partial charge < -0.3 is 9.64 Å². The molecule has 25 heavy (non-hydrogen) atoms. The van der Waals surface area contributed by atoms with Crippen LogP contribution < -0.4 is 0 Å². The van der Waals surface area contributed by atoms with Gasteiger partial charge in [0, 0.05) is 18.8 Å². The van der Waals surface area contributed by atoms with Gasteiger partial charge in [-0.3, -0.25) is 14.3 Å². The Hall–Kier alpha value is -2.63. The molecule has 0 fully saturated rings. The molecule has 0 saturated carbocycles. The molecule has 0 unspecified atom stereocenters. The zero-order chi connectivity index (χ0) is 17.8. The van der Waals surface area contributed by atoms with Gasteiger partial charge in [-0.25, -0.2) is 0 Å². The van der Waals surface area contributed by atoms with E-state index < -0.39 is 0 Å². The first-order chi connectivity index (χ1) is 12.0. The second kappa shape index (κ2) is 7.51. The summed E-state index contributed by atoms with van der Waals surface area (Å²) in [6.07, 6.45) is 1.05. The fraction of sp³-hybridized carbons (Fsp3) is 0.421. The molecule has 132 valence electrons. The number of carbonyl (C=O) groups excluding carboxylic acids is 2. The van der Waals surface area contributed by atoms with Crippen molar-refractivity contribution in [2.75, 3.05) is 13.2 Å². The highest BCUT2D eigenvalue weighted by atomic mass is 16.5. The minimum atomic E-state index is -0.377. The zero-order valence-corrected chi connectivity index (χ0v) is 14.7. The van der Waals surface area contributed by atoms with Gasteiger partial charge >= 0.3 is 5.97 Å². The van der Waals surface area contributed by atoms with E-state index in [2.05, 4.69) is 11.2 Å². The fourth-order valence-corrected chi connectivity index (χ4v) is 3.11. The second-order valence-corrected chi connectivity index (χ2v) is 6.39. The van der Waals surface area contributed by atoms with Crippen molar-refractivity contribution in [1.82, 2.24) is 14.7 Å². The molecule has 6 nitrogen and oxygen atoms in total. The van der Waals surface area contributed by atoms with Crippen molar-refractivity contribution in [2.24, 2.45) is 0 Å². The SMILES string of the molecule is Cc1cc(C)n(CCC(=O)OCC(=O)N2CCc3ccccc3C2)n1. The number of benzene rings is 1. The number of hydrogen-bond acceptors (Lipinski definition) is 4.